The Morgan fingerprint density at radius 1 is 1.07 bits per heavy atom. The predicted octanol–water partition coefficient (Wildman–Crippen LogP) is 3.88. The molecular formula is C19H16F3N5O2. The Morgan fingerprint density at radius 3 is 2.45 bits per heavy atom. The third kappa shape index (κ3) is 5.18. The lowest BCUT2D eigenvalue weighted by atomic mass is 10.1. The third-order valence-corrected chi connectivity index (χ3v) is 3.79. The molecule has 0 unspecified atom stereocenters. The van der Waals surface area contributed by atoms with Gasteiger partial charge in [0.25, 0.3) is 0 Å². The van der Waals surface area contributed by atoms with Crippen LogP contribution in [0.15, 0.2) is 48.5 Å². The molecule has 0 aliphatic rings. The molecule has 3 aromatic rings. The minimum absolute atomic E-state index is 0.00930. The number of nitrogens with zero attached hydrogens (tertiary/aromatic N) is 3. The van der Waals surface area contributed by atoms with Gasteiger partial charge in [0.1, 0.15) is 0 Å². The normalized spacial score (nSPS) is 11.2. The van der Waals surface area contributed by atoms with Crippen LogP contribution in [-0.2, 0) is 17.5 Å². The molecule has 1 aromatic heterocycles. The van der Waals surface area contributed by atoms with E-state index in [-0.39, 0.29) is 17.7 Å². The van der Waals surface area contributed by atoms with E-state index in [4.69, 9.17) is 10.5 Å². The Labute approximate surface area is 163 Å². The van der Waals surface area contributed by atoms with Crippen molar-refractivity contribution < 1.29 is 22.7 Å². The topological polar surface area (TPSA) is 103 Å². The second-order valence-electron chi connectivity index (χ2n) is 6.04. The molecule has 0 fully saturated rings. The zero-order chi connectivity index (χ0) is 21.0. The summed E-state index contributed by atoms with van der Waals surface area (Å²) in [5.74, 6) is -1.17. The molecule has 0 amide bonds. The van der Waals surface area contributed by atoms with Crippen molar-refractivity contribution in [3.8, 4) is 0 Å². The van der Waals surface area contributed by atoms with Crippen LogP contribution in [0, 0.1) is 6.92 Å². The first kappa shape index (κ1) is 20.1. The van der Waals surface area contributed by atoms with E-state index in [1.807, 2.05) is 31.2 Å². The van der Waals surface area contributed by atoms with Gasteiger partial charge in [0.2, 0.25) is 11.9 Å². The van der Waals surface area contributed by atoms with Gasteiger partial charge in [-0.25, -0.2) is 4.79 Å². The molecule has 7 nitrogen and oxygen atoms in total. The summed E-state index contributed by atoms with van der Waals surface area (Å²) >= 11 is 0. The molecule has 0 saturated heterocycles. The molecular weight excluding hydrogens is 387 g/mol. The fraction of sp³-hybridized carbons (Fsp3) is 0.158. The molecule has 0 radical (unpaired) electrons. The van der Waals surface area contributed by atoms with Crippen molar-refractivity contribution in [2.75, 3.05) is 11.1 Å². The summed E-state index contributed by atoms with van der Waals surface area (Å²) in [6, 6.07) is 11.7. The number of carbonyl (C=O) groups is 1. The Hall–Kier alpha value is -3.69. The summed E-state index contributed by atoms with van der Waals surface area (Å²) in [7, 11) is 0. The summed E-state index contributed by atoms with van der Waals surface area (Å²) in [6.45, 7) is 1.47. The molecule has 1 heterocycles. The highest BCUT2D eigenvalue weighted by Gasteiger charge is 2.35. The van der Waals surface area contributed by atoms with Crippen LogP contribution in [0.3, 0.4) is 0 Å². The molecule has 3 rings (SSSR count). The van der Waals surface area contributed by atoms with E-state index in [1.165, 1.54) is 12.1 Å². The molecule has 150 valence electrons. The van der Waals surface area contributed by atoms with Crippen LogP contribution in [-0.4, -0.2) is 20.9 Å². The van der Waals surface area contributed by atoms with Crippen molar-refractivity contribution in [2.45, 2.75) is 19.7 Å². The van der Waals surface area contributed by atoms with Crippen molar-refractivity contribution in [1.29, 1.82) is 0 Å². The maximum Gasteiger partial charge on any atom is 0.417 e. The number of anilines is 3. The number of rotatable bonds is 5. The maximum atomic E-state index is 13.0. The molecule has 0 atom stereocenters. The number of hydrogen-bond acceptors (Lipinski definition) is 7. The second-order valence-corrected chi connectivity index (χ2v) is 6.04. The highest BCUT2D eigenvalue weighted by atomic mass is 19.4. The van der Waals surface area contributed by atoms with E-state index in [2.05, 4.69) is 20.3 Å². The number of ether oxygens (including phenoxy) is 1. The molecule has 0 spiro atoms. The monoisotopic (exact) mass is 403 g/mol. The van der Waals surface area contributed by atoms with Crippen molar-refractivity contribution in [1.82, 2.24) is 15.0 Å². The average molecular weight is 403 g/mol. The summed E-state index contributed by atoms with van der Waals surface area (Å²) < 4.78 is 44.1. The van der Waals surface area contributed by atoms with Gasteiger partial charge >= 0.3 is 12.1 Å². The molecule has 0 saturated carbocycles. The number of esters is 1. The Kier molecular flexibility index (Phi) is 5.62. The fourth-order valence-corrected chi connectivity index (χ4v) is 2.44. The number of aryl methyl sites for hydroxylation is 1. The fourth-order valence-electron chi connectivity index (χ4n) is 2.44. The number of nitrogen functional groups attached to an aromatic ring is 1. The Morgan fingerprint density at radius 2 is 1.76 bits per heavy atom. The zero-order valence-corrected chi connectivity index (χ0v) is 15.2. The SMILES string of the molecule is Cc1ccc(Nc2nc(N)nc(COC(=O)c3ccccc3C(F)(F)F)n2)cc1. The van der Waals surface area contributed by atoms with Crippen LogP contribution in [0.25, 0.3) is 0 Å². The van der Waals surface area contributed by atoms with Gasteiger partial charge in [0.05, 0.1) is 11.1 Å². The first-order valence-corrected chi connectivity index (χ1v) is 8.40. The summed E-state index contributed by atoms with van der Waals surface area (Å²) in [5, 5.41) is 2.93. The van der Waals surface area contributed by atoms with Gasteiger partial charge in [-0.2, -0.15) is 28.1 Å². The van der Waals surface area contributed by atoms with Gasteiger partial charge in [0, 0.05) is 5.69 Å². The van der Waals surface area contributed by atoms with Crippen LogP contribution in [0.5, 0.6) is 0 Å². The molecule has 29 heavy (non-hydrogen) atoms. The number of alkyl halides is 3. The van der Waals surface area contributed by atoms with Gasteiger partial charge in [-0.3, -0.25) is 0 Å². The second kappa shape index (κ2) is 8.13. The Balaban J connectivity index is 1.73. The van der Waals surface area contributed by atoms with Crippen LogP contribution >= 0.6 is 0 Å². The van der Waals surface area contributed by atoms with Crippen molar-refractivity contribution in [3.63, 3.8) is 0 Å². The van der Waals surface area contributed by atoms with Gasteiger partial charge in [-0.1, -0.05) is 29.8 Å². The first-order chi connectivity index (χ1) is 13.7. The summed E-state index contributed by atoms with van der Waals surface area (Å²) in [4.78, 5) is 24.0. The lowest BCUT2D eigenvalue weighted by Gasteiger charge is -2.12. The van der Waals surface area contributed by atoms with Crippen LogP contribution in [0.2, 0.25) is 0 Å². The van der Waals surface area contributed by atoms with E-state index in [1.54, 1.807) is 0 Å². The lowest BCUT2D eigenvalue weighted by molar-refractivity contribution is -0.138. The van der Waals surface area contributed by atoms with Crippen LogP contribution in [0.4, 0.5) is 30.8 Å². The number of aromatic nitrogens is 3. The minimum atomic E-state index is -4.68. The van der Waals surface area contributed by atoms with Crippen molar-refractivity contribution in [2.24, 2.45) is 0 Å². The number of benzene rings is 2. The van der Waals surface area contributed by atoms with E-state index in [9.17, 15) is 18.0 Å². The van der Waals surface area contributed by atoms with Gasteiger partial charge in [-0.15, -0.1) is 0 Å². The van der Waals surface area contributed by atoms with E-state index >= 15 is 0 Å². The largest absolute Gasteiger partial charge is 0.454 e. The van der Waals surface area contributed by atoms with Crippen molar-refractivity contribution >= 4 is 23.6 Å². The molecule has 3 N–H and O–H groups in total. The van der Waals surface area contributed by atoms with Crippen LogP contribution in [0.1, 0.15) is 27.3 Å². The molecule has 10 heteroatoms. The average Bonchev–Trinajstić information content (AvgIpc) is 2.67. The minimum Gasteiger partial charge on any atom is -0.454 e. The number of nitrogens with two attached hydrogens (primary N) is 1. The van der Waals surface area contributed by atoms with Gasteiger partial charge in [0.15, 0.2) is 12.4 Å². The van der Waals surface area contributed by atoms with Crippen LogP contribution < -0.4 is 11.1 Å². The van der Waals surface area contributed by atoms with Crippen molar-refractivity contribution in [3.05, 3.63) is 71.0 Å². The highest BCUT2D eigenvalue weighted by Crippen LogP contribution is 2.32. The molecule has 0 aliphatic carbocycles. The number of halogens is 3. The standard InChI is InChI=1S/C19H16F3N5O2/c1-11-6-8-12(9-7-11)24-18-26-15(25-17(23)27-18)10-29-16(28)13-4-2-3-5-14(13)19(20,21)22/h2-9H,10H2,1H3,(H3,23,24,25,26,27). The van der Waals surface area contributed by atoms with Gasteiger partial charge < -0.3 is 15.8 Å². The number of carbonyl (C=O) groups excluding carboxylic acids is 1. The molecule has 0 aliphatic heterocycles. The predicted molar refractivity (Wildman–Crippen MR) is 99.3 cm³/mol. The maximum absolute atomic E-state index is 13.0. The quantitative estimate of drug-likeness (QED) is 0.623. The molecule has 0 bridgehead atoms. The Bertz CT molecular complexity index is 1020. The molecule has 2 aromatic carbocycles. The zero-order valence-electron chi connectivity index (χ0n) is 15.2. The van der Waals surface area contributed by atoms with Gasteiger partial charge in [-0.05, 0) is 31.2 Å². The number of hydrogen-bond donors (Lipinski definition) is 2. The van der Waals surface area contributed by atoms with E-state index < -0.39 is 29.9 Å². The summed E-state index contributed by atoms with van der Waals surface area (Å²) in [6.07, 6.45) is -4.68. The highest BCUT2D eigenvalue weighted by molar-refractivity contribution is 5.91. The lowest BCUT2D eigenvalue weighted by Crippen LogP contribution is -2.16. The number of nitrogens with one attached hydrogen (secondary N) is 1. The van der Waals surface area contributed by atoms with E-state index in [0.29, 0.717) is 5.69 Å². The first-order valence-electron chi connectivity index (χ1n) is 8.40. The summed E-state index contributed by atoms with van der Waals surface area (Å²) in [5.41, 5.74) is 5.73. The van der Waals surface area contributed by atoms with E-state index in [0.717, 1.165) is 17.7 Å². The third-order valence-electron chi connectivity index (χ3n) is 3.79. The smallest absolute Gasteiger partial charge is 0.417 e.